The van der Waals surface area contributed by atoms with Crippen LogP contribution in [-0.2, 0) is 11.3 Å². The molecule has 0 unspecified atom stereocenters. The van der Waals surface area contributed by atoms with Gasteiger partial charge in [0.2, 0.25) is 5.89 Å². The number of rotatable bonds is 3. The van der Waals surface area contributed by atoms with E-state index in [0.29, 0.717) is 24.1 Å². The summed E-state index contributed by atoms with van der Waals surface area (Å²) in [4.78, 5) is 7.92. The van der Waals surface area contributed by atoms with Crippen LogP contribution in [0.25, 0.3) is 11.6 Å². The number of nitrogens with zero attached hydrogens (tertiary/aromatic N) is 4. The maximum atomic E-state index is 5.26. The Morgan fingerprint density at radius 3 is 3.00 bits per heavy atom. The van der Waals surface area contributed by atoms with E-state index in [-0.39, 0.29) is 0 Å². The average molecular weight is 192 g/mol. The van der Waals surface area contributed by atoms with E-state index in [0.717, 1.165) is 0 Å². The Morgan fingerprint density at radius 1 is 1.36 bits per heavy atom. The van der Waals surface area contributed by atoms with Gasteiger partial charge >= 0.3 is 0 Å². The van der Waals surface area contributed by atoms with Crippen LogP contribution in [0.3, 0.4) is 0 Å². The molecule has 0 atom stereocenters. The highest BCUT2D eigenvalue weighted by atomic mass is 16.5. The van der Waals surface area contributed by atoms with Gasteiger partial charge in [-0.3, -0.25) is 4.98 Å². The normalized spacial score (nSPS) is 10.4. The smallest absolute Gasteiger partial charge is 0.267 e. The molecule has 0 aromatic carbocycles. The summed E-state index contributed by atoms with van der Waals surface area (Å²) in [7, 11) is 1.56. The van der Waals surface area contributed by atoms with E-state index in [1.54, 1.807) is 25.7 Å². The van der Waals surface area contributed by atoms with E-state index >= 15 is 0 Å². The first-order chi connectivity index (χ1) is 6.90. The van der Waals surface area contributed by atoms with Crippen molar-refractivity contribution in [3.05, 3.63) is 24.5 Å². The molecule has 2 rings (SSSR count). The highest BCUT2D eigenvalue weighted by molar-refractivity contribution is 5.42. The zero-order valence-electron chi connectivity index (χ0n) is 7.54. The third-order valence-electron chi connectivity index (χ3n) is 1.52. The van der Waals surface area contributed by atoms with Crippen LogP contribution in [0.2, 0.25) is 0 Å². The van der Waals surface area contributed by atoms with Crippen molar-refractivity contribution in [2.75, 3.05) is 7.11 Å². The van der Waals surface area contributed by atoms with Gasteiger partial charge in [-0.05, 0) is 0 Å². The fourth-order valence-electron chi connectivity index (χ4n) is 0.948. The van der Waals surface area contributed by atoms with Crippen LogP contribution >= 0.6 is 0 Å². The summed E-state index contributed by atoms with van der Waals surface area (Å²) in [6.45, 7) is 0.299. The van der Waals surface area contributed by atoms with E-state index in [1.165, 1.54) is 0 Å². The van der Waals surface area contributed by atoms with Crippen molar-refractivity contribution in [2.45, 2.75) is 6.61 Å². The van der Waals surface area contributed by atoms with Crippen LogP contribution in [0.4, 0.5) is 0 Å². The molecule has 0 aliphatic carbocycles. The maximum Gasteiger partial charge on any atom is 0.267 e. The van der Waals surface area contributed by atoms with Gasteiger partial charge in [-0.25, -0.2) is 4.98 Å². The fourth-order valence-corrected chi connectivity index (χ4v) is 0.948. The third kappa shape index (κ3) is 1.74. The predicted octanol–water partition coefficient (Wildman–Crippen LogP) is 0.673. The summed E-state index contributed by atoms with van der Waals surface area (Å²) in [6, 6.07) is 0. The lowest BCUT2D eigenvalue weighted by Crippen LogP contribution is -1.85. The van der Waals surface area contributed by atoms with Crippen molar-refractivity contribution in [2.24, 2.45) is 0 Å². The lowest BCUT2D eigenvalue weighted by molar-refractivity contribution is 0.160. The number of hydrogen-bond acceptors (Lipinski definition) is 6. The largest absolute Gasteiger partial charge is 0.417 e. The second-order valence-electron chi connectivity index (χ2n) is 2.52. The van der Waals surface area contributed by atoms with Gasteiger partial charge in [0.1, 0.15) is 12.3 Å². The summed E-state index contributed by atoms with van der Waals surface area (Å²) in [5, 5.41) is 7.58. The summed E-state index contributed by atoms with van der Waals surface area (Å²) < 4.78 is 10.1. The van der Waals surface area contributed by atoms with Crippen molar-refractivity contribution in [3.8, 4) is 11.6 Å². The number of hydrogen-bond donors (Lipinski definition) is 0. The van der Waals surface area contributed by atoms with Crippen molar-refractivity contribution in [1.29, 1.82) is 0 Å². The van der Waals surface area contributed by atoms with Crippen LogP contribution in [0.15, 0.2) is 23.0 Å². The number of methoxy groups -OCH3 is 1. The monoisotopic (exact) mass is 192 g/mol. The highest BCUT2D eigenvalue weighted by Crippen LogP contribution is 2.13. The van der Waals surface area contributed by atoms with Crippen molar-refractivity contribution >= 4 is 0 Å². The van der Waals surface area contributed by atoms with Crippen LogP contribution in [0, 0.1) is 0 Å². The lowest BCUT2D eigenvalue weighted by Gasteiger charge is -1.91. The van der Waals surface area contributed by atoms with Gasteiger partial charge in [0.25, 0.3) is 5.89 Å². The molecule has 0 fully saturated rings. The van der Waals surface area contributed by atoms with Crippen molar-refractivity contribution in [1.82, 2.24) is 20.2 Å². The molecule has 0 N–H and O–H groups in total. The van der Waals surface area contributed by atoms with Gasteiger partial charge in [-0.2, -0.15) is 0 Å². The van der Waals surface area contributed by atoms with Gasteiger partial charge in [-0.15, -0.1) is 10.2 Å². The second-order valence-corrected chi connectivity index (χ2v) is 2.52. The summed E-state index contributed by atoms with van der Waals surface area (Å²) in [5.74, 6) is 0.776. The molecule has 0 saturated heterocycles. The SMILES string of the molecule is COCc1nnc(-c2cnccn2)o1. The Bertz CT molecular complexity index is 401. The van der Waals surface area contributed by atoms with Gasteiger partial charge in [0, 0.05) is 19.5 Å². The van der Waals surface area contributed by atoms with Crippen molar-refractivity contribution < 1.29 is 9.15 Å². The molecule has 72 valence electrons. The molecular weight excluding hydrogens is 184 g/mol. The molecule has 2 heterocycles. The Balaban J connectivity index is 2.25. The fraction of sp³-hybridized carbons (Fsp3) is 0.250. The molecule has 0 radical (unpaired) electrons. The molecule has 2 aromatic rings. The molecule has 0 saturated carbocycles. The van der Waals surface area contributed by atoms with E-state index in [1.807, 2.05) is 0 Å². The second kappa shape index (κ2) is 3.93. The van der Waals surface area contributed by atoms with Crippen LogP contribution in [0.1, 0.15) is 5.89 Å². The molecule has 6 heteroatoms. The molecule has 0 spiro atoms. The van der Waals surface area contributed by atoms with Gasteiger partial charge in [-0.1, -0.05) is 0 Å². The predicted molar refractivity (Wildman–Crippen MR) is 46.0 cm³/mol. The molecule has 2 aromatic heterocycles. The molecule has 0 amide bonds. The molecule has 0 aliphatic heterocycles. The quantitative estimate of drug-likeness (QED) is 0.711. The lowest BCUT2D eigenvalue weighted by atomic mass is 10.4. The first kappa shape index (κ1) is 8.76. The standard InChI is InChI=1S/C8H8N4O2/c1-13-5-7-11-12-8(14-7)6-4-9-2-3-10-6/h2-4H,5H2,1H3. The minimum Gasteiger partial charge on any atom is -0.417 e. The van der Waals surface area contributed by atoms with E-state index < -0.39 is 0 Å². The first-order valence-electron chi connectivity index (χ1n) is 3.98. The number of aromatic nitrogens is 4. The minimum atomic E-state index is 0.299. The summed E-state index contributed by atoms with van der Waals surface area (Å²) >= 11 is 0. The highest BCUT2D eigenvalue weighted by Gasteiger charge is 2.08. The average Bonchev–Trinajstić information content (AvgIpc) is 2.68. The Morgan fingerprint density at radius 2 is 2.29 bits per heavy atom. The molecular formula is C8H8N4O2. The first-order valence-corrected chi connectivity index (χ1v) is 3.98. The molecule has 14 heavy (non-hydrogen) atoms. The van der Waals surface area contributed by atoms with E-state index in [4.69, 9.17) is 9.15 Å². The van der Waals surface area contributed by atoms with Gasteiger partial charge in [0.15, 0.2) is 0 Å². The summed E-state index contributed by atoms with van der Waals surface area (Å²) in [5.41, 5.74) is 0.558. The van der Waals surface area contributed by atoms with E-state index in [2.05, 4.69) is 20.2 Å². The van der Waals surface area contributed by atoms with Crippen LogP contribution < -0.4 is 0 Å². The van der Waals surface area contributed by atoms with Crippen molar-refractivity contribution in [3.63, 3.8) is 0 Å². The van der Waals surface area contributed by atoms with Crippen LogP contribution in [0.5, 0.6) is 0 Å². The summed E-state index contributed by atoms with van der Waals surface area (Å²) in [6.07, 6.45) is 4.70. The minimum absolute atomic E-state index is 0.299. The maximum absolute atomic E-state index is 5.26. The Hall–Kier alpha value is -1.82. The van der Waals surface area contributed by atoms with Gasteiger partial charge < -0.3 is 9.15 Å². The molecule has 6 nitrogen and oxygen atoms in total. The Labute approximate surface area is 80.0 Å². The third-order valence-corrected chi connectivity index (χ3v) is 1.52. The molecule has 0 bridgehead atoms. The van der Waals surface area contributed by atoms with Crippen LogP contribution in [-0.4, -0.2) is 27.3 Å². The topological polar surface area (TPSA) is 73.9 Å². The molecule has 0 aliphatic rings. The van der Waals surface area contributed by atoms with E-state index in [9.17, 15) is 0 Å². The van der Waals surface area contributed by atoms with Gasteiger partial charge in [0.05, 0.1) is 6.20 Å². The zero-order chi connectivity index (χ0) is 9.80. The zero-order valence-corrected chi connectivity index (χ0v) is 7.54. The Kier molecular flexibility index (Phi) is 2.46. The number of ether oxygens (including phenoxy) is 1.